The van der Waals surface area contributed by atoms with Gasteiger partial charge in [-0.3, -0.25) is 0 Å². The van der Waals surface area contributed by atoms with Crippen molar-refractivity contribution < 1.29 is 0 Å². The summed E-state index contributed by atoms with van der Waals surface area (Å²) in [5, 5.41) is 0. The molecule has 102 valence electrons. The minimum absolute atomic E-state index is 0.774. The van der Waals surface area contributed by atoms with E-state index in [1.54, 1.807) is 6.33 Å². The van der Waals surface area contributed by atoms with Crippen LogP contribution < -0.4 is 4.90 Å². The molecule has 1 aromatic heterocycles. The quantitative estimate of drug-likeness (QED) is 0.659. The zero-order chi connectivity index (χ0) is 13.4. The average molecular weight is 251 g/mol. The highest BCUT2D eigenvalue weighted by Gasteiger charge is 2.03. The topological polar surface area (TPSA) is 45.2 Å². The summed E-state index contributed by atoms with van der Waals surface area (Å²) in [7, 11) is 6.28. The molecule has 0 saturated carbocycles. The van der Waals surface area contributed by atoms with Crippen molar-refractivity contribution >= 4 is 5.95 Å². The highest BCUT2D eigenvalue weighted by molar-refractivity contribution is 5.26. The number of hydrogen-bond acceptors (Lipinski definition) is 5. The molecule has 18 heavy (non-hydrogen) atoms. The van der Waals surface area contributed by atoms with Gasteiger partial charge in [-0.25, -0.2) is 9.97 Å². The fourth-order valence-electron chi connectivity index (χ4n) is 1.78. The number of rotatable bonds is 8. The molecule has 0 atom stereocenters. The summed E-state index contributed by atoms with van der Waals surface area (Å²) in [5.74, 6) is 1.55. The number of unbranched alkanes of at least 4 members (excludes halogenated alkanes) is 3. The summed E-state index contributed by atoms with van der Waals surface area (Å²) in [5.41, 5.74) is 0. The Hall–Kier alpha value is -1.23. The zero-order valence-corrected chi connectivity index (χ0v) is 12.1. The molecular weight excluding hydrogens is 226 g/mol. The van der Waals surface area contributed by atoms with E-state index < -0.39 is 0 Å². The lowest BCUT2D eigenvalue weighted by Crippen LogP contribution is -2.21. The van der Waals surface area contributed by atoms with Gasteiger partial charge in [-0.05, 0) is 40.4 Å². The summed E-state index contributed by atoms with van der Waals surface area (Å²) in [6.07, 6.45) is 6.60. The molecule has 0 spiro atoms. The van der Waals surface area contributed by atoms with Crippen LogP contribution in [0.25, 0.3) is 0 Å². The first-order chi connectivity index (χ1) is 8.59. The minimum atomic E-state index is 0.774. The molecule has 0 fully saturated rings. The predicted molar refractivity (Wildman–Crippen MR) is 74.9 cm³/mol. The molecule has 0 saturated heterocycles. The van der Waals surface area contributed by atoms with E-state index in [9.17, 15) is 0 Å². The van der Waals surface area contributed by atoms with Crippen molar-refractivity contribution in [2.75, 3.05) is 39.1 Å². The molecule has 5 heteroatoms. The largest absolute Gasteiger partial charge is 0.344 e. The molecule has 0 unspecified atom stereocenters. The number of hydrogen-bond donors (Lipinski definition) is 0. The SMILES string of the molecule is Cc1ncnc(N(C)CCCCCCN(C)C)n1. The van der Waals surface area contributed by atoms with Crippen LogP contribution in [0.15, 0.2) is 6.33 Å². The first-order valence-electron chi connectivity index (χ1n) is 6.61. The molecule has 0 aromatic carbocycles. The Balaban J connectivity index is 2.15. The van der Waals surface area contributed by atoms with Gasteiger partial charge in [0.2, 0.25) is 5.95 Å². The van der Waals surface area contributed by atoms with E-state index in [0.29, 0.717) is 0 Å². The highest BCUT2D eigenvalue weighted by atomic mass is 15.2. The first kappa shape index (κ1) is 14.8. The third-order valence-electron chi connectivity index (χ3n) is 2.87. The van der Waals surface area contributed by atoms with Crippen LogP contribution in [0.2, 0.25) is 0 Å². The van der Waals surface area contributed by atoms with E-state index in [1.807, 2.05) is 14.0 Å². The van der Waals surface area contributed by atoms with Gasteiger partial charge in [-0.1, -0.05) is 12.8 Å². The molecule has 0 aliphatic rings. The van der Waals surface area contributed by atoms with Gasteiger partial charge in [0, 0.05) is 13.6 Å². The van der Waals surface area contributed by atoms with Crippen molar-refractivity contribution in [3.63, 3.8) is 0 Å². The van der Waals surface area contributed by atoms with E-state index in [1.165, 1.54) is 32.2 Å². The fraction of sp³-hybridized carbons (Fsp3) is 0.769. The van der Waals surface area contributed by atoms with Gasteiger partial charge in [0.15, 0.2) is 0 Å². The molecule has 0 N–H and O–H groups in total. The lowest BCUT2D eigenvalue weighted by atomic mass is 10.2. The average Bonchev–Trinajstić information content (AvgIpc) is 2.33. The maximum atomic E-state index is 4.31. The minimum Gasteiger partial charge on any atom is -0.344 e. The highest BCUT2D eigenvalue weighted by Crippen LogP contribution is 2.06. The third kappa shape index (κ3) is 5.91. The summed E-state index contributed by atoms with van der Waals surface area (Å²) in [6.45, 7) is 4.08. The Bertz CT molecular complexity index is 340. The van der Waals surface area contributed by atoms with Crippen molar-refractivity contribution in [2.24, 2.45) is 0 Å². The monoisotopic (exact) mass is 251 g/mol. The van der Waals surface area contributed by atoms with Gasteiger partial charge < -0.3 is 9.80 Å². The van der Waals surface area contributed by atoms with Crippen molar-refractivity contribution in [1.29, 1.82) is 0 Å². The molecule has 5 nitrogen and oxygen atoms in total. The lowest BCUT2D eigenvalue weighted by Gasteiger charge is -2.16. The second-order valence-electron chi connectivity index (χ2n) is 4.97. The van der Waals surface area contributed by atoms with Gasteiger partial charge >= 0.3 is 0 Å². The Labute approximate surface area is 110 Å². The number of nitrogens with zero attached hydrogens (tertiary/aromatic N) is 5. The molecule has 1 heterocycles. The van der Waals surface area contributed by atoms with Crippen molar-refractivity contribution in [3.05, 3.63) is 12.2 Å². The summed E-state index contributed by atoms with van der Waals surface area (Å²) < 4.78 is 0. The predicted octanol–water partition coefficient (Wildman–Crippen LogP) is 1.74. The molecule has 0 bridgehead atoms. The van der Waals surface area contributed by atoms with Crippen LogP contribution in [-0.2, 0) is 0 Å². The van der Waals surface area contributed by atoms with E-state index in [2.05, 4.69) is 38.8 Å². The third-order valence-corrected chi connectivity index (χ3v) is 2.87. The van der Waals surface area contributed by atoms with Gasteiger partial charge in [-0.15, -0.1) is 0 Å². The second kappa shape index (κ2) is 7.97. The Morgan fingerprint density at radius 2 is 1.61 bits per heavy atom. The standard InChI is InChI=1S/C13H25N5/c1-12-14-11-15-13(16-12)18(4)10-8-6-5-7-9-17(2)3/h11H,5-10H2,1-4H3. The summed E-state index contributed by atoms with van der Waals surface area (Å²) >= 11 is 0. The molecule has 0 radical (unpaired) electrons. The van der Waals surface area contributed by atoms with Gasteiger partial charge in [-0.2, -0.15) is 4.98 Å². The molecule has 1 rings (SSSR count). The van der Waals surface area contributed by atoms with Gasteiger partial charge in [0.05, 0.1) is 0 Å². The van der Waals surface area contributed by atoms with Crippen LogP contribution in [0.4, 0.5) is 5.95 Å². The molecule has 0 aliphatic heterocycles. The van der Waals surface area contributed by atoms with E-state index in [0.717, 1.165) is 18.3 Å². The Morgan fingerprint density at radius 3 is 2.22 bits per heavy atom. The van der Waals surface area contributed by atoms with Crippen LogP contribution in [-0.4, -0.2) is 54.1 Å². The summed E-state index contributed by atoms with van der Waals surface area (Å²) in [4.78, 5) is 16.8. The smallest absolute Gasteiger partial charge is 0.228 e. The lowest BCUT2D eigenvalue weighted by molar-refractivity contribution is 0.390. The number of anilines is 1. The van der Waals surface area contributed by atoms with E-state index >= 15 is 0 Å². The first-order valence-corrected chi connectivity index (χ1v) is 6.61. The normalized spacial score (nSPS) is 10.9. The number of aromatic nitrogens is 3. The van der Waals surface area contributed by atoms with Crippen molar-refractivity contribution in [1.82, 2.24) is 19.9 Å². The van der Waals surface area contributed by atoms with Crippen LogP contribution in [0.1, 0.15) is 31.5 Å². The molecule has 0 amide bonds. The van der Waals surface area contributed by atoms with Gasteiger partial charge in [0.25, 0.3) is 0 Å². The van der Waals surface area contributed by atoms with E-state index in [-0.39, 0.29) is 0 Å². The maximum absolute atomic E-state index is 4.31. The van der Waals surface area contributed by atoms with Crippen molar-refractivity contribution in [3.8, 4) is 0 Å². The second-order valence-corrected chi connectivity index (χ2v) is 4.97. The van der Waals surface area contributed by atoms with Crippen LogP contribution in [0, 0.1) is 6.92 Å². The summed E-state index contributed by atoms with van der Waals surface area (Å²) in [6, 6.07) is 0. The van der Waals surface area contributed by atoms with Crippen LogP contribution in [0.3, 0.4) is 0 Å². The van der Waals surface area contributed by atoms with Gasteiger partial charge in [0.1, 0.15) is 12.2 Å². The fourth-order valence-corrected chi connectivity index (χ4v) is 1.78. The molecule has 1 aromatic rings. The van der Waals surface area contributed by atoms with Crippen molar-refractivity contribution in [2.45, 2.75) is 32.6 Å². The van der Waals surface area contributed by atoms with Crippen LogP contribution in [0.5, 0.6) is 0 Å². The Morgan fingerprint density at radius 1 is 0.944 bits per heavy atom. The molecular formula is C13H25N5. The Kier molecular flexibility index (Phi) is 6.57. The molecule has 0 aliphatic carbocycles. The zero-order valence-electron chi connectivity index (χ0n) is 12.1. The number of aryl methyl sites for hydroxylation is 1. The van der Waals surface area contributed by atoms with E-state index in [4.69, 9.17) is 0 Å². The maximum Gasteiger partial charge on any atom is 0.228 e. The van der Waals surface area contributed by atoms with Crippen LogP contribution >= 0.6 is 0 Å².